The zero-order valence-electron chi connectivity index (χ0n) is 17.2. The average Bonchev–Trinajstić information content (AvgIpc) is 3.06. The van der Waals surface area contributed by atoms with Crippen LogP contribution in [0.4, 0.5) is 4.39 Å². The van der Waals surface area contributed by atoms with Crippen molar-refractivity contribution in [2.45, 2.75) is 19.9 Å². The number of hydrogen-bond donors (Lipinski definition) is 1. The summed E-state index contributed by atoms with van der Waals surface area (Å²) in [5.74, 6) is -2.11. The molecule has 1 fully saturated rings. The molecule has 1 saturated heterocycles. The Morgan fingerprint density at radius 3 is 2.34 bits per heavy atom. The van der Waals surface area contributed by atoms with Crippen LogP contribution in [0.3, 0.4) is 0 Å². The van der Waals surface area contributed by atoms with E-state index >= 15 is 0 Å². The largest absolute Gasteiger partial charge is 0.507 e. The van der Waals surface area contributed by atoms with E-state index in [1.54, 1.807) is 25.6 Å². The van der Waals surface area contributed by atoms with Crippen LogP contribution in [0.1, 0.15) is 28.6 Å². The summed E-state index contributed by atoms with van der Waals surface area (Å²) < 4.78 is 15.1. The second-order valence-electron chi connectivity index (χ2n) is 7.52. The summed E-state index contributed by atoms with van der Waals surface area (Å²) >= 11 is 0. The zero-order valence-corrected chi connectivity index (χ0v) is 17.2. The lowest BCUT2D eigenvalue weighted by Crippen LogP contribution is -2.35. The molecule has 0 saturated carbocycles. The summed E-state index contributed by atoms with van der Waals surface area (Å²) in [5.41, 5.74) is 2.23. The number of Topliss-reactive ketones (excluding diaryl/α,β-unsaturated/α-hetero) is 1. The molecular formula is C21H25FN4O3. The Hall–Kier alpha value is -3.00. The molecular weight excluding hydrogens is 375 g/mol. The number of benzene rings is 1. The molecule has 2 heterocycles. The van der Waals surface area contributed by atoms with Crippen LogP contribution in [0.25, 0.3) is 5.76 Å². The van der Waals surface area contributed by atoms with Gasteiger partial charge in [0, 0.05) is 25.8 Å². The first kappa shape index (κ1) is 20.7. The second-order valence-corrected chi connectivity index (χ2v) is 7.52. The molecule has 1 N–H and O–H groups in total. The molecule has 2 aromatic rings. The van der Waals surface area contributed by atoms with Crippen molar-refractivity contribution in [1.82, 2.24) is 19.6 Å². The molecule has 1 amide bonds. The normalized spacial score (nSPS) is 18.9. The van der Waals surface area contributed by atoms with E-state index in [0.717, 1.165) is 0 Å². The molecule has 0 radical (unpaired) electrons. The Morgan fingerprint density at radius 2 is 1.83 bits per heavy atom. The first-order valence-corrected chi connectivity index (χ1v) is 9.32. The number of carbonyl (C=O) groups excluding carboxylic acids is 2. The number of amides is 1. The van der Waals surface area contributed by atoms with Gasteiger partial charge in [0.2, 0.25) is 0 Å². The van der Waals surface area contributed by atoms with Gasteiger partial charge in [-0.3, -0.25) is 14.3 Å². The van der Waals surface area contributed by atoms with E-state index < -0.39 is 23.5 Å². The minimum Gasteiger partial charge on any atom is -0.507 e. The number of aliphatic hydroxyl groups is 1. The second kappa shape index (κ2) is 7.79. The summed E-state index contributed by atoms with van der Waals surface area (Å²) in [6.07, 6.45) is 0. The van der Waals surface area contributed by atoms with E-state index in [4.69, 9.17) is 0 Å². The van der Waals surface area contributed by atoms with Gasteiger partial charge in [-0.1, -0.05) is 12.1 Å². The number of ketones is 1. The van der Waals surface area contributed by atoms with Crippen molar-refractivity contribution >= 4 is 17.4 Å². The molecule has 1 aliphatic heterocycles. The summed E-state index contributed by atoms with van der Waals surface area (Å²) in [7, 11) is 5.48. The van der Waals surface area contributed by atoms with Crippen LogP contribution in [0, 0.1) is 19.7 Å². The van der Waals surface area contributed by atoms with E-state index in [-0.39, 0.29) is 11.3 Å². The predicted octanol–water partition coefficient (Wildman–Crippen LogP) is 2.16. The number of nitrogens with zero attached hydrogens (tertiary/aromatic N) is 4. The van der Waals surface area contributed by atoms with E-state index in [9.17, 15) is 19.1 Å². The molecule has 1 aromatic carbocycles. The number of aryl methyl sites for hydroxylation is 2. The molecule has 0 spiro atoms. The topological polar surface area (TPSA) is 78.7 Å². The molecule has 154 valence electrons. The van der Waals surface area contributed by atoms with Gasteiger partial charge in [0.25, 0.3) is 11.7 Å². The minimum atomic E-state index is -0.797. The molecule has 1 unspecified atom stereocenters. The first-order valence-electron chi connectivity index (χ1n) is 9.32. The molecule has 3 rings (SSSR count). The maximum atomic E-state index is 13.5. The summed E-state index contributed by atoms with van der Waals surface area (Å²) in [6, 6.07) is 4.83. The highest BCUT2D eigenvalue weighted by atomic mass is 19.1. The van der Waals surface area contributed by atoms with Gasteiger partial charge < -0.3 is 14.9 Å². The first-order chi connectivity index (χ1) is 13.6. The Morgan fingerprint density at radius 1 is 1.21 bits per heavy atom. The molecule has 1 atom stereocenters. The number of carbonyl (C=O) groups is 2. The quantitative estimate of drug-likeness (QED) is 0.473. The van der Waals surface area contributed by atoms with Crippen LogP contribution in [0.15, 0.2) is 29.8 Å². The molecule has 8 heteroatoms. The van der Waals surface area contributed by atoms with Crippen LogP contribution < -0.4 is 0 Å². The lowest BCUT2D eigenvalue weighted by molar-refractivity contribution is -0.140. The number of aromatic nitrogens is 2. The Bertz CT molecular complexity index is 992. The fourth-order valence-electron chi connectivity index (χ4n) is 3.66. The Balaban J connectivity index is 2.20. The number of likely N-dealkylation sites (N-methyl/N-ethyl adjacent to an activating group) is 1. The van der Waals surface area contributed by atoms with Crippen molar-refractivity contribution in [2.75, 3.05) is 27.2 Å². The molecule has 0 aliphatic carbocycles. The molecule has 1 aromatic heterocycles. The van der Waals surface area contributed by atoms with Crippen LogP contribution >= 0.6 is 0 Å². The highest BCUT2D eigenvalue weighted by Crippen LogP contribution is 2.40. The predicted molar refractivity (Wildman–Crippen MR) is 107 cm³/mol. The van der Waals surface area contributed by atoms with Gasteiger partial charge in [-0.2, -0.15) is 5.10 Å². The van der Waals surface area contributed by atoms with Gasteiger partial charge in [-0.15, -0.1) is 0 Å². The van der Waals surface area contributed by atoms with Crippen molar-refractivity contribution in [3.63, 3.8) is 0 Å². The molecule has 29 heavy (non-hydrogen) atoms. The highest BCUT2D eigenvalue weighted by molar-refractivity contribution is 6.46. The van der Waals surface area contributed by atoms with E-state index in [1.807, 2.05) is 19.0 Å². The summed E-state index contributed by atoms with van der Waals surface area (Å²) in [5, 5.41) is 15.4. The van der Waals surface area contributed by atoms with Crippen molar-refractivity contribution in [2.24, 2.45) is 7.05 Å². The van der Waals surface area contributed by atoms with Gasteiger partial charge in [-0.25, -0.2) is 4.39 Å². The fourth-order valence-corrected chi connectivity index (χ4v) is 3.66. The number of hydrogen-bond acceptors (Lipinski definition) is 5. The van der Waals surface area contributed by atoms with Gasteiger partial charge in [0.15, 0.2) is 0 Å². The van der Waals surface area contributed by atoms with Gasteiger partial charge >= 0.3 is 0 Å². The smallest absolute Gasteiger partial charge is 0.295 e. The van der Waals surface area contributed by atoms with E-state index in [0.29, 0.717) is 35.6 Å². The maximum absolute atomic E-state index is 13.5. The number of halogens is 1. The third-order valence-corrected chi connectivity index (χ3v) is 5.26. The van der Waals surface area contributed by atoms with Gasteiger partial charge in [-0.05, 0) is 45.6 Å². The number of rotatable bonds is 5. The van der Waals surface area contributed by atoms with Crippen molar-refractivity contribution in [3.05, 3.63) is 58.2 Å². The van der Waals surface area contributed by atoms with Crippen molar-refractivity contribution < 1.29 is 19.1 Å². The number of aliphatic hydroxyl groups excluding tert-OH is 1. The SMILES string of the molecule is Cc1nn(C)c(C)c1C(O)=C1C(=O)C(=O)N(CCN(C)C)C1c1ccc(F)cc1. The fraction of sp³-hybridized carbons (Fsp3) is 0.381. The molecule has 1 aliphatic rings. The Kier molecular flexibility index (Phi) is 5.57. The average molecular weight is 400 g/mol. The molecule has 0 bridgehead atoms. The van der Waals surface area contributed by atoms with E-state index in [2.05, 4.69) is 5.10 Å². The van der Waals surface area contributed by atoms with Gasteiger partial charge in [0.1, 0.15) is 11.6 Å². The third kappa shape index (κ3) is 3.67. The van der Waals surface area contributed by atoms with Crippen LogP contribution in [-0.4, -0.2) is 63.6 Å². The summed E-state index contributed by atoms with van der Waals surface area (Å²) in [4.78, 5) is 29.1. The van der Waals surface area contributed by atoms with Crippen LogP contribution in [-0.2, 0) is 16.6 Å². The van der Waals surface area contributed by atoms with Crippen molar-refractivity contribution in [3.8, 4) is 0 Å². The monoisotopic (exact) mass is 400 g/mol. The van der Waals surface area contributed by atoms with Crippen LogP contribution in [0.5, 0.6) is 0 Å². The molecule has 7 nitrogen and oxygen atoms in total. The zero-order chi connectivity index (χ0) is 21.5. The summed E-state index contributed by atoms with van der Waals surface area (Å²) in [6.45, 7) is 4.35. The highest BCUT2D eigenvalue weighted by Gasteiger charge is 2.46. The Labute approximate surface area is 169 Å². The third-order valence-electron chi connectivity index (χ3n) is 5.26. The van der Waals surface area contributed by atoms with Gasteiger partial charge in [0.05, 0.1) is 22.9 Å². The van der Waals surface area contributed by atoms with E-state index in [1.165, 1.54) is 29.2 Å². The number of likely N-dealkylation sites (tertiary alicyclic amines) is 1. The lowest BCUT2D eigenvalue weighted by Gasteiger charge is -2.26. The van der Waals surface area contributed by atoms with Crippen molar-refractivity contribution in [1.29, 1.82) is 0 Å². The maximum Gasteiger partial charge on any atom is 0.295 e. The van der Waals surface area contributed by atoms with Crippen LogP contribution in [0.2, 0.25) is 0 Å². The minimum absolute atomic E-state index is 0.000403. The lowest BCUT2D eigenvalue weighted by atomic mass is 9.94. The standard InChI is InChI=1S/C21H25FN4O3/c1-12-16(13(2)25(5)23-12)19(27)17-18(14-6-8-15(22)9-7-14)26(11-10-24(3)4)21(29)20(17)28/h6-9,18,27H,10-11H2,1-5H3.